The summed E-state index contributed by atoms with van der Waals surface area (Å²) >= 11 is 1.78. The van der Waals surface area contributed by atoms with Gasteiger partial charge in [-0.25, -0.2) is 0 Å². The number of hydrogen-bond acceptors (Lipinski definition) is 3. The van der Waals surface area contributed by atoms with Crippen LogP contribution >= 0.6 is 11.3 Å². The third-order valence-corrected chi connectivity index (χ3v) is 4.67. The third-order valence-electron chi connectivity index (χ3n) is 2.97. The van der Waals surface area contributed by atoms with Crippen molar-refractivity contribution in [3.8, 4) is 0 Å². The Morgan fingerprint density at radius 3 is 2.93 bits per heavy atom. The Morgan fingerprint density at radius 2 is 2.36 bits per heavy atom. The highest BCUT2D eigenvalue weighted by Gasteiger charge is 2.36. The van der Waals surface area contributed by atoms with E-state index in [2.05, 4.69) is 19.9 Å². The fourth-order valence-electron chi connectivity index (χ4n) is 1.96. The van der Waals surface area contributed by atoms with Gasteiger partial charge < -0.3 is 10.8 Å². The maximum absolute atomic E-state index is 9.30. The largest absolute Gasteiger partial charge is 0.394 e. The molecule has 78 valence electrons. The van der Waals surface area contributed by atoms with Gasteiger partial charge >= 0.3 is 0 Å². The number of fused-ring (bicyclic) bond motifs is 1. The highest BCUT2D eigenvalue weighted by Crippen LogP contribution is 2.42. The van der Waals surface area contributed by atoms with Crippen molar-refractivity contribution in [1.29, 1.82) is 0 Å². The Labute approximate surface area is 88.8 Å². The summed E-state index contributed by atoms with van der Waals surface area (Å²) in [5.74, 6) is 0.563. The van der Waals surface area contributed by atoms with E-state index in [4.69, 9.17) is 5.73 Å². The van der Waals surface area contributed by atoms with Gasteiger partial charge in [0.05, 0.1) is 12.1 Å². The van der Waals surface area contributed by atoms with E-state index in [1.54, 1.807) is 11.3 Å². The first-order valence-corrected chi connectivity index (χ1v) is 5.91. The number of thiophene rings is 1. The van der Waals surface area contributed by atoms with Crippen LogP contribution in [0, 0.1) is 0 Å². The molecule has 0 saturated heterocycles. The first-order valence-electron chi connectivity index (χ1n) is 5.09. The van der Waals surface area contributed by atoms with Crippen LogP contribution in [0.2, 0.25) is 0 Å². The summed E-state index contributed by atoms with van der Waals surface area (Å²) < 4.78 is 0. The normalized spacial score (nSPS) is 25.8. The summed E-state index contributed by atoms with van der Waals surface area (Å²) in [6.07, 6.45) is 1.92. The van der Waals surface area contributed by atoms with Crippen LogP contribution in [0.15, 0.2) is 6.07 Å². The first kappa shape index (κ1) is 10.1. The number of aryl methyl sites for hydroxylation is 1. The van der Waals surface area contributed by atoms with Crippen LogP contribution < -0.4 is 5.73 Å². The Kier molecular flexibility index (Phi) is 2.41. The van der Waals surface area contributed by atoms with Crippen molar-refractivity contribution in [3.63, 3.8) is 0 Å². The fraction of sp³-hybridized carbons (Fsp3) is 0.636. The predicted molar refractivity (Wildman–Crippen MR) is 59.7 cm³/mol. The molecule has 14 heavy (non-hydrogen) atoms. The molecule has 0 aliphatic heterocycles. The van der Waals surface area contributed by atoms with Gasteiger partial charge in [0.1, 0.15) is 0 Å². The standard InChI is InChI=1S/C11H17NOS/c1-7(2)9-5-8-3-4-11(12,6-13)10(8)14-9/h5,7,13H,3-4,6,12H2,1-2H3. The maximum atomic E-state index is 9.30. The van der Waals surface area contributed by atoms with Crippen LogP contribution in [0.5, 0.6) is 0 Å². The summed E-state index contributed by atoms with van der Waals surface area (Å²) in [5.41, 5.74) is 7.05. The van der Waals surface area contributed by atoms with Gasteiger partial charge in [-0.15, -0.1) is 11.3 Å². The quantitative estimate of drug-likeness (QED) is 0.785. The molecule has 1 aliphatic carbocycles. The van der Waals surface area contributed by atoms with E-state index in [0.29, 0.717) is 5.92 Å². The van der Waals surface area contributed by atoms with E-state index in [0.717, 1.165) is 12.8 Å². The molecule has 3 heteroatoms. The van der Waals surface area contributed by atoms with E-state index >= 15 is 0 Å². The molecular formula is C11H17NOS. The first-order chi connectivity index (χ1) is 6.57. The average Bonchev–Trinajstić information content (AvgIpc) is 2.68. The molecule has 1 unspecified atom stereocenters. The monoisotopic (exact) mass is 211 g/mol. The minimum atomic E-state index is -0.451. The molecule has 0 fully saturated rings. The second-order valence-corrected chi connectivity index (χ2v) is 5.56. The van der Waals surface area contributed by atoms with E-state index in [9.17, 15) is 5.11 Å². The van der Waals surface area contributed by atoms with Crippen molar-refractivity contribution in [2.24, 2.45) is 5.73 Å². The molecule has 0 bridgehead atoms. The Hall–Kier alpha value is -0.380. The minimum Gasteiger partial charge on any atom is -0.394 e. The SMILES string of the molecule is CC(C)c1cc2c(s1)C(N)(CO)CC2. The van der Waals surface area contributed by atoms with E-state index in [1.165, 1.54) is 15.3 Å². The average molecular weight is 211 g/mol. The van der Waals surface area contributed by atoms with Crippen LogP contribution in [-0.2, 0) is 12.0 Å². The summed E-state index contributed by atoms with van der Waals surface area (Å²) in [6.45, 7) is 4.45. The van der Waals surface area contributed by atoms with Crippen molar-refractivity contribution in [2.75, 3.05) is 6.61 Å². The van der Waals surface area contributed by atoms with Gasteiger partial charge in [-0.3, -0.25) is 0 Å². The number of rotatable bonds is 2. The summed E-state index contributed by atoms with van der Waals surface area (Å²) in [6, 6.07) is 2.26. The van der Waals surface area contributed by atoms with Crippen LogP contribution in [0.4, 0.5) is 0 Å². The lowest BCUT2D eigenvalue weighted by atomic mass is 10.0. The molecule has 2 rings (SSSR count). The molecule has 1 heterocycles. The van der Waals surface area contributed by atoms with Gasteiger partial charge in [0.25, 0.3) is 0 Å². The molecule has 1 aromatic heterocycles. The lowest BCUT2D eigenvalue weighted by Crippen LogP contribution is -2.37. The summed E-state index contributed by atoms with van der Waals surface area (Å²) in [7, 11) is 0. The molecule has 1 aromatic rings. The van der Waals surface area contributed by atoms with Crippen LogP contribution in [0.25, 0.3) is 0 Å². The third kappa shape index (κ3) is 1.40. The van der Waals surface area contributed by atoms with Gasteiger partial charge in [-0.1, -0.05) is 13.8 Å². The number of nitrogens with two attached hydrogens (primary N) is 1. The van der Waals surface area contributed by atoms with Gasteiger partial charge in [-0.05, 0) is 30.4 Å². The maximum Gasteiger partial charge on any atom is 0.0743 e. The molecule has 1 atom stereocenters. The lowest BCUT2D eigenvalue weighted by Gasteiger charge is -2.20. The highest BCUT2D eigenvalue weighted by atomic mass is 32.1. The fourth-order valence-corrected chi connectivity index (χ4v) is 3.30. The molecule has 0 aromatic carbocycles. The minimum absolute atomic E-state index is 0.0675. The number of aliphatic hydroxyl groups excluding tert-OH is 1. The zero-order valence-electron chi connectivity index (χ0n) is 8.71. The Morgan fingerprint density at radius 1 is 1.64 bits per heavy atom. The van der Waals surface area contributed by atoms with Crippen molar-refractivity contribution >= 4 is 11.3 Å². The van der Waals surface area contributed by atoms with Crippen molar-refractivity contribution < 1.29 is 5.11 Å². The molecular weight excluding hydrogens is 194 g/mol. The van der Waals surface area contributed by atoms with Crippen molar-refractivity contribution in [2.45, 2.75) is 38.1 Å². The summed E-state index contributed by atoms with van der Waals surface area (Å²) in [4.78, 5) is 2.60. The van der Waals surface area contributed by atoms with Gasteiger partial charge in [-0.2, -0.15) is 0 Å². The topological polar surface area (TPSA) is 46.2 Å². The van der Waals surface area contributed by atoms with Crippen molar-refractivity contribution in [3.05, 3.63) is 21.4 Å². The molecule has 0 spiro atoms. The molecule has 0 saturated carbocycles. The molecule has 2 nitrogen and oxygen atoms in total. The number of aliphatic hydroxyl groups is 1. The second-order valence-electron chi connectivity index (χ2n) is 4.47. The zero-order chi connectivity index (χ0) is 10.3. The van der Waals surface area contributed by atoms with Crippen molar-refractivity contribution in [1.82, 2.24) is 0 Å². The van der Waals surface area contributed by atoms with Gasteiger partial charge in [0, 0.05) is 9.75 Å². The van der Waals surface area contributed by atoms with E-state index in [-0.39, 0.29) is 6.61 Å². The predicted octanol–water partition coefficient (Wildman–Crippen LogP) is 1.96. The van der Waals surface area contributed by atoms with Gasteiger partial charge in [0.2, 0.25) is 0 Å². The molecule has 3 N–H and O–H groups in total. The Bertz CT molecular complexity index is 345. The zero-order valence-corrected chi connectivity index (χ0v) is 9.53. The number of hydrogen-bond donors (Lipinski definition) is 2. The van der Waals surface area contributed by atoms with Crippen LogP contribution in [0.1, 0.15) is 41.5 Å². The highest BCUT2D eigenvalue weighted by molar-refractivity contribution is 7.12. The van der Waals surface area contributed by atoms with E-state index < -0.39 is 5.54 Å². The second kappa shape index (κ2) is 3.33. The summed E-state index contributed by atoms with van der Waals surface area (Å²) in [5, 5.41) is 9.30. The van der Waals surface area contributed by atoms with Crippen LogP contribution in [-0.4, -0.2) is 11.7 Å². The molecule has 0 amide bonds. The smallest absolute Gasteiger partial charge is 0.0743 e. The molecule has 1 aliphatic rings. The van der Waals surface area contributed by atoms with Crippen LogP contribution in [0.3, 0.4) is 0 Å². The molecule has 0 radical (unpaired) electrons. The lowest BCUT2D eigenvalue weighted by molar-refractivity contribution is 0.199. The van der Waals surface area contributed by atoms with Gasteiger partial charge in [0.15, 0.2) is 0 Å². The van der Waals surface area contributed by atoms with E-state index in [1.807, 2.05) is 0 Å². The Balaban J connectivity index is 2.40.